The van der Waals surface area contributed by atoms with Gasteiger partial charge in [-0.3, -0.25) is 9.59 Å². The summed E-state index contributed by atoms with van der Waals surface area (Å²) in [5.41, 5.74) is -1.21. The zero-order valence-electron chi connectivity index (χ0n) is 14.7. The van der Waals surface area contributed by atoms with Crippen LogP contribution >= 0.6 is 0 Å². The molecule has 0 unspecified atom stereocenters. The molecule has 0 saturated carbocycles. The predicted octanol–water partition coefficient (Wildman–Crippen LogP) is 1.40. The quantitative estimate of drug-likeness (QED) is 0.830. The van der Waals surface area contributed by atoms with Crippen molar-refractivity contribution in [1.82, 2.24) is 9.47 Å². The first-order valence-corrected chi connectivity index (χ1v) is 8.45. The number of hydrogen-bond donors (Lipinski definition) is 1. The van der Waals surface area contributed by atoms with Crippen LogP contribution in [-0.4, -0.2) is 60.7 Å². The van der Waals surface area contributed by atoms with E-state index < -0.39 is 23.1 Å². The van der Waals surface area contributed by atoms with E-state index in [0.29, 0.717) is 32.5 Å². The van der Waals surface area contributed by atoms with Crippen LogP contribution in [0.1, 0.15) is 23.3 Å². The first kappa shape index (κ1) is 18.5. The Morgan fingerprint density at radius 2 is 1.92 bits per heavy atom. The molecule has 0 bridgehead atoms. The second-order valence-corrected chi connectivity index (χ2v) is 6.68. The maximum atomic E-state index is 15.4. The zero-order chi connectivity index (χ0) is 19.0. The summed E-state index contributed by atoms with van der Waals surface area (Å²) < 4.78 is 31.4. The highest BCUT2D eigenvalue weighted by molar-refractivity contribution is 5.89. The van der Waals surface area contributed by atoms with E-state index in [1.54, 1.807) is 11.8 Å². The van der Waals surface area contributed by atoms with E-state index in [0.717, 1.165) is 6.07 Å². The maximum absolute atomic E-state index is 15.4. The third kappa shape index (κ3) is 2.99. The van der Waals surface area contributed by atoms with E-state index in [-0.39, 0.29) is 28.8 Å². The molecular weight excluding hydrogens is 344 g/mol. The van der Waals surface area contributed by atoms with Gasteiger partial charge in [0.15, 0.2) is 17.5 Å². The number of carbonyl (C=O) groups is 1. The molecule has 2 aromatic rings. The van der Waals surface area contributed by atoms with Gasteiger partial charge in [0.2, 0.25) is 0 Å². The molecule has 0 radical (unpaired) electrons. The number of anilines is 1. The number of benzene rings is 1. The highest BCUT2D eigenvalue weighted by Crippen LogP contribution is 2.31. The summed E-state index contributed by atoms with van der Waals surface area (Å²) in [7, 11) is 1.94. The number of aromatic nitrogens is 1. The van der Waals surface area contributed by atoms with Crippen LogP contribution in [0.5, 0.6) is 0 Å². The monoisotopic (exact) mass is 365 g/mol. The average molecular weight is 365 g/mol. The second-order valence-electron chi connectivity index (χ2n) is 6.68. The van der Waals surface area contributed by atoms with Crippen molar-refractivity contribution in [1.29, 1.82) is 0 Å². The molecule has 1 aliphatic rings. The van der Waals surface area contributed by atoms with Crippen molar-refractivity contribution in [2.75, 3.05) is 44.7 Å². The maximum Gasteiger partial charge on any atom is 0.200 e. The van der Waals surface area contributed by atoms with E-state index >= 15 is 4.39 Å². The molecule has 140 valence electrons. The molecule has 1 fully saturated rings. The van der Waals surface area contributed by atoms with Crippen LogP contribution in [0.3, 0.4) is 0 Å². The molecular formula is C18H21F2N3O3. The lowest BCUT2D eigenvalue weighted by atomic mass is 10.1. The number of rotatable bonds is 4. The van der Waals surface area contributed by atoms with Crippen molar-refractivity contribution in [2.45, 2.75) is 13.0 Å². The van der Waals surface area contributed by atoms with Gasteiger partial charge in [0.05, 0.1) is 29.1 Å². The minimum absolute atomic E-state index is 0.0996. The van der Waals surface area contributed by atoms with Crippen LogP contribution in [-0.2, 0) is 0 Å². The standard InChI is InChI=1S/C18H21F2N3O3/c1-11(9-24)23-8-12(10-25)18(26)13-7-14(19)17(15(20)16(13)23)22-5-3-21(2)4-6-22/h7-8,10-11,24H,3-6,9H2,1-2H3/t11-/m0/s1. The Balaban J connectivity index is 2.30. The Morgan fingerprint density at radius 3 is 2.50 bits per heavy atom. The number of piperazine rings is 1. The van der Waals surface area contributed by atoms with E-state index in [1.807, 2.05) is 7.05 Å². The van der Waals surface area contributed by atoms with Crippen molar-refractivity contribution >= 4 is 22.9 Å². The molecule has 26 heavy (non-hydrogen) atoms. The van der Waals surface area contributed by atoms with Crippen molar-refractivity contribution in [3.05, 3.63) is 39.7 Å². The predicted molar refractivity (Wildman–Crippen MR) is 95.0 cm³/mol. The number of aliphatic hydroxyl groups excluding tert-OH is 1. The van der Waals surface area contributed by atoms with E-state index in [9.17, 15) is 19.1 Å². The molecule has 1 saturated heterocycles. The molecule has 1 atom stereocenters. The number of likely N-dealkylation sites (N-methyl/N-ethyl adjacent to an activating group) is 1. The highest BCUT2D eigenvalue weighted by Gasteiger charge is 2.26. The third-order valence-corrected chi connectivity index (χ3v) is 4.90. The number of pyridine rings is 1. The van der Waals surface area contributed by atoms with E-state index in [2.05, 4.69) is 4.90 Å². The van der Waals surface area contributed by atoms with Crippen LogP contribution in [0.25, 0.3) is 10.9 Å². The first-order chi connectivity index (χ1) is 12.4. The molecule has 1 aromatic heterocycles. The molecule has 1 N–H and O–H groups in total. The van der Waals surface area contributed by atoms with Gasteiger partial charge in [-0.1, -0.05) is 0 Å². The molecule has 0 amide bonds. The minimum Gasteiger partial charge on any atom is -0.394 e. The van der Waals surface area contributed by atoms with E-state index in [1.165, 1.54) is 10.8 Å². The number of aldehydes is 1. The Kier molecular flexibility index (Phi) is 5.06. The first-order valence-electron chi connectivity index (χ1n) is 8.45. The lowest BCUT2D eigenvalue weighted by Crippen LogP contribution is -2.45. The van der Waals surface area contributed by atoms with Gasteiger partial charge in [0, 0.05) is 32.4 Å². The molecule has 1 aromatic carbocycles. The number of hydrogen-bond acceptors (Lipinski definition) is 5. The van der Waals surface area contributed by atoms with Gasteiger partial charge in [0.1, 0.15) is 11.5 Å². The van der Waals surface area contributed by atoms with Crippen LogP contribution in [0.2, 0.25) is 0 Å². The fourth-order valence-electron chi connectivity index (χ4n) is 3.29. The fraction of sp³-hybridized carbons (Fsp3) is 0.444. The van der Waals surface area contributed by atoms with Gasteiger partial charge in [-0.05, 0) is 20.0 Å². The van der Waals surface area contributed by atoms with Crippen molar-refractivity contribution in [3.63, 3.8) is 0 Å². The van der Waals surface area contributed by atoms with Gasteiger partial charge >= 0.3 is 0 Å². The van der Waals surface area contributed by atoms with Crippen LogP contribution in [0.4, 0.5) is 14.5 Å². The van der Waals surface area contributed by atoms with Gasteiger partial charge in [-0.15, -0.1) is 0 Å². The Hall–Kier alpha value is -2.32. The number of carbonyl (C=O) groups excluding carboxylic acids is 1. The summed E-state index contributed by atoms with van der Waals surface area (Å²) in [5, 5.41) is 9.27. The van der Waals surface area contributed by atoms with Gasteiger partial charge in [0.25, 0.3) is 0 Å². The molecule has 0 aliphatic carbocycles. The highest BCUT2D eigenvalue weighted by atomic mass is 19.1. The number of halogens is 2. The number of fused-ring (bicyclic) bond motifs is 1. The largest absolute Gasteiger partial charge is 0.394 e. The molecule has 2 heterocycles. The second kappa shape index (κ2) is 7.13. The molecule has 1 aliphatic heterocycles. The zero-order valence-corrected chi connectivity index (χ0v) is 14.7. The van der Waals surface area contributed by atoms with E-state index in [4.69, 9.17) is 0 Å². The molecule has 6 nitrogen and oxygen atoms in total. The molecule has 8 heteroatoms. The van der Waals surface area contributed by atoms with Crippen LogP contribution < -0.4 is 10.3 Å². The summed E-state index contributed by atoms with van der Waals surface area (Å²) in [6.45, 7) is 3.56. The Bertz CT molecular complexity index is 905. The summed E-state index contributed by atoms with van der Waals surface area (Å²) in [6.07, 6.45) is 1.57. The van der Waals surface area contributed by atoms with Gasteiger partial charge in [-0.2, -0.15) is 0 Å². The molecule has 0 spiro atoms. The van der Waals surface area contributed by atoms with Gasteiger partial charge in [-0.25, -0.2) is 8.78 Å². The van der Waals surface area contributed by atoms with Crippen LogP contribution in [0.15, 0.2) is 17.1 Å². The van der Waals surface area contributed by atoms with Crippen molar-refractivity contribution in [3.8, 4) is 0 Å². The SMILES string of the molecule is C[C@@H](CO)n1cc(C=O)c(=O)c2cc(F)c(N3CCN(C)CC3)c(F)c21. The fourth-order valence-corrected chi connectivity index (χ4v) is 3.29. The summed E-state index contributed by atoms with van der Waals surface area (Å²) >= 11 is 0. The smallest absolute Gasteiger partial charge is 0.200 e. The third-order valence-electron chi connectivity index (χ3n) is 4.90. The summed E-state index contributed by atoms with van der Waals surface area (Å²) in [6, 6.07) is 0.402. The topological polar surface area (TPSA) is 65.8 Å². The Morgan fingerprint density at radius 1 is 1.27 bits per heavy atom. The average Bonchev–Trinajstić information content (AvgIpc) is 2.63. The lowest BCUT2D eigenvalue weighted by molar-refractivity contribution is 0.112. The number of nitrogens with zero attached hydrogens (tertiary/aromatic N) is 3. The van der Waals surface area contributed by atoms with Crippen molar-refractivity contribution < 1.29 is 18.7 Å². The summed E-state index contributed by atoms with van der Waals surface area (Å²) in [4.78, 5) is 27.3. The van der Waals surface area contributed by atoms with Crippen molar-refractivity contribution in [2.24, 2.45) is 0 Å². The summed E-state index contributed by atoms with van der Waals surface area (Å²) in [5.74, 6) is -1.68. The van der Waals surface area contributed by atoms with Crippen LogP contribution in [0, 0.1) is 11.6 Å². The lowest BCUT2D eigenvalue weighted by Gasteiger charge is -2.34. The van der Waals surface area contributed by atoms with Gasteiger partial charge < -0.3 is 19.5 Å². The molecule has 3 rings (SSSR count). The number of aliphatic hydroxyl groups is 1. The normalized spacial score (nSPS) is 16.9. The Labute approximate surface area is 149 Å². The minimum atomic E-state index is -0.848.